The van der Waals surface area contributed by atoms with Gasteiger partial charge in [-0.2, -0.15) is 5.26 Å². The summed E-state index contributed by atoms with van der Waals surface area (Å²) in [6.07, 6.45) is 2.91. The van der Waals surface area contributed by atoms with Crippen molar-refractivity contribution in [1.82, 2.24) is 9.97 Å². The Balaban J connectivity index is 1.98. The van der Waals surface area contributed by atoms with Crippen molar-refractivity contribution in [3.05, 3.63) is 46.8 Å². The number of aryl methyl sites for hydroxylation is 2. The van der Waals surface area contributed by atoms with E-state index in [1.165, 1.54) is 11.8 Å². The van der Waals surface area contributed by atoms with Gasteiger partial charge in [-0.15, -0.1) is 0 Å². The SMILES string of the molecule is CSc1nc(C)c(CCC(=O)Nc2ccc(C#N)cc2)c(C)n1. The molecule has 2 aromatic rings. The second-order valence-corrected chi connectivity index (χ2v) is 5.87. The van der Waals surface area contributed by atoms with Crippen LogP contribution in [-0.2, 0) is 11.2 Å². The van der Waals surface area contributed by atoms with Crippen LogP contribution in [0, 0.1) is 25.2 Å². The Morgan fingerprint density at radius 1 is 1.22 bits per heavy atom. The highest BCUT2D eigenvalue weighted by Gasteiger charge is 2.10. The molecule has 0 bridgehead atoms. The zero-order chi connectivity index (χ0) is 16.8. The lowest BCUT2D eigenvalue weighted by Crippen LogP contribution is -2.13. The molecule has 2 rings (SSSR count). The van der Waals surface area contributed by atoms with E-state index in [1.807, 2.05) is 26.2 Å². The topological polar surface area (TPSA) is 78.7 Å². The normalized spacial score (nSPS) is 10.2. The number of thioether (sulfide) groups is 1. The third-order valence-electron chi connectivity index (χ3n) is 3.48. The van der Waals surface area contributed by atoms with Crippen LogP contribution in [0.3, 0.4) is 0 Å². The van der Waals surface area contributed by atoms with E-state index in [0.717, 1.165) is 22.1 Å². The smallest absolute Gasteiger partial charge is 0.224 e. The predicted octanol–water partition coefficient (Wildman–Crippen LogP) is 3.26. The summed E-state index contributed by atoms with van der Waals surface area (Å²) in [6, 6.07) is 8.86. The molecule has 118 valence electrons. The zero-order valence-electron chi connectivity index (χ0n) is 13.4. The molecule has 0 spiro atoms. The lowest BCUT2D eigenvalue weighted by atomic mass is 10.1. The molecule has 0 saturated carbocycles. The second-order valence-electron chi connectivity index (χ2n) is 5.10. The summed E-state index contributed by atoms with van der Waals surface area (Å²) in [6.45, 7) is 3.89. The number of nitriles is 1. The summed E-state index contributed by atoms with van der Waals surface area (Å²) in [4.78, 5) is 20.9. The number of amides is 1. The van der Waals surface area contributed by atoms with Gasteiger partial charge >= 0.3 is 0 Å². The Morgan fingerprint density at radius 2 is 1.83 bits per heavy atom. The van der Waals surface area contributed by atoms with Crippen molar-refractivity contribution in [2.75, 3.05) is 11.6 Å². The average molecular weight is 326 g/mol. The maximum absolute atomic E-state index is 12.1. The lowest BCUT2D eigenvalue weighted by molar-refractivity contribution is -0.116. The fraction of sp³-hybridized carbons (Fsp3) is 0.294. The van der Waals surface area contributed by atoms with Gasteiger partial charge in [0.15, 0.2) is 5.16 Å². The molecule has 0 atom stereocenters. The van der Waals surface area contributed by atoms with Gasteiger partial charge in [-0.25, -0.2) is 9.97 Å². The number of nitrogens with one attached hydrogen (secondary N) is 1. The van der Waals surface area contributed by atoms with Crippen molar-refractivity contribution in [1.29, 1.82) is 5.26 Å². The molecule has 6 heteroatoms. The molecule has 0 aliphatic heterocycles. The fourth-order valence-electron chi connectivity index (χ4n) is 2.25. The largest absolute Gasteiger partial charge is 0.326 e. The molecular formula is C17H18N4OS. The predicted molar refractivity (Wildman–Crippen MR) is 91.4 cm³/mol. The van der Waals surface area contributed by atoms with Crippen LogP contribution in [0.2, 0.25) is 0 Å². The molecule has 1 amide bonds. The number of aromatic nitrogens is 2. The van der Waals surface area contributed by atoms with Gasteiger partial charge < -0.3 is 5.32 Å². The molecule has 0 fully saturated rings. The van der Waals surface area contributed by atoms with Crippen molar-refractivity contribution < 1.29 is 4.79 Å². The number of hydrogen-bond donors (Lipinski definition) is 1. The molecule has 1 aromatic carbocycles. The standard InChI is InChI=1S/C17H18N4OS/c1-11-15(12(2)20-17(19-11)23-3)8-9-16(22)21-14-6-4-13(10-18)5-7-14/h4-7H,8-9H2,1-3H3,(H,21,22). The quantitative estimate of drug-likeness (QED) is 0.674. The van der Waals surface area contributed by atoms with E-state index in [4.69, 9.17) is 5.26 Å². The van der Waals surface area contributed by atoms with Crippen LogP contribution in [0.25, 0.3) is 0 Å². The van der Waals surface area contributed by atoms with Crippen molar-refractivity contribution in [2.24, 2.45) is 0 Å². The molecule has 0 aliphatic rings. The Hall–Kier alpha value is -2.39. The van der Waals surface area contributed by atoms with E-state index in [1.54, 1.807) is 24.3 Å². The molecule has 5 nitrogen and oxygen atoms in total. The maximum Gasteiger partial charge on any atom is 0.224 e. The maximum atomic E-state index is 12.1. The van der Waals surface area contributed by atoms with Crippen LogP contribution in [0.5, 0.6) is 0 Å². The van der Waals surface area contributed by atoms with Gasteiger partial charge in [0.1, 0.15) is 0 Å². The first-order chi connectivity index (χ1) is 11.0. The van der Waals surface area contributed by atoms with Crippen LogP contribution in [0.1, 0.15) is 28.9 Å². The Labute approximate surface area is 140 Å². The van der Waals surface area contributed by atoms with E-state index in [0.29, 0.717) is 24.1 Å². The molecule has 1 N–H and O–H groups in total. The fourth-order valence-corrected chi connectivity index (χ4v) is 2.71. The summed E-state index contributed by atoms with van der Waals surface area (Å²) in [7, 11) is 0. The lowest BCUT2D eigenvalue weighted by Gasteiger charge is -2.10. The number of rotatable bonds is 5. The van der Waals surface area contributed by atoms with Crippen molar-refractivity contribution in [3.63, 3.8) is 0 Å². The molecule has 0 radical (unpaired) electrons. The second kappa shape index (κ2) is 7.75. The minimum absolute atomic E-state index is 0.0672. The highest BCUT2D eigenvalue weighted by atomic mass is 32.2. The summed E-state index contributed by atoms with van der Waals surface area (Å²) >= 11 is 1.51. The number of anilines is 1. The molecule has 23 heavy (non-hydrogen) atoms. The van der Waals surface area contributed by atoms with Crippen LogP contribution < -0.4 is 5.32 Å². The highest BCUT2D eigenvalue weighted by Crippen LogP contribution is 2.17. The first-order valence-electron chi connectivity index (χ1n) is 7.21. The summed E-state index contributed by atoms with van der Waals surface area (Å²) < 4.78 is 0. The van der Waals surface area contributed by atoms with Gasteiger partial charge in [0.05, 0.1) is 11.6 Å². The van der Waals surface area contributed by atoms with Gasteiger partial charge in [-0.3, -0.25) is 4.79 Å². The first-order valence-corrected chi connectivity index (χ1v) is 8.44. The van der Waals surface area contributed by atoms with Crippen LogP contribution >= 0.6 is 11.8 Å². The van der Waals surface area contributed by atoms with Crippen LogP contribution in [0.4, 0.5) is 5.69 Å². The zero-order valence-corrected chi connectivity index (χ0v) is 14.2. The summed E-state index contributed by atoms with van der Waals surface area (Å²) in [5.41, 5.74) is 4.13. The van der Waals surface area contributed by atoms with Gasteiger partial charge in [-0.1, -0.05) is 11.8 Å². The van der Waals surface area contributed by atoms with Gasteiger partial charge in [0, 0.05) is 23.5 Å². The third-order valence-corrected chi connectivity index (χ3v) is 4.03. The Kier molecular flexibility index (Phi) is 5.72. The monoisotopic (exact) mass is 326 g/mol. The minimum Gasteiger partial charge on any atom is -0.326 e. The van der Waals surface area contributed by atoms with E-state index >= 15 is 0 Å². The Morgan fingerprint density at radius 3 is 2.35 bits per heavy atom. The number of carbonyl (C=O) groups is 1. The molecule has 1 aromatic heterocycles. The highest BCUT2D eigenvalue weighted by molar-refractivity contribution is 7.98. The van der Waals surface area contributed by atoms with E-state index in [2.05, 4.69) is 15.3 Å². The Bertz CT molecular complexity index is 727. The first kappa shape index (κ1) is 17.0. The van der Waals surface area contributed by atoms with E-state index < -0.39 is 0 Å². The summed E-state index contributed by atoms with van der Waals surface area (Å²) in [5, 5.41) is 12.3. The van der Waals surface area contributed by atoms with Crippen molar-refractivity contribution in [2.45, 2.75) is 31.8 Å². The minimum atomic E-state index is -0.0672. The molecular weight excluding hydrogens is 308 g/mol. The van der Waals surface area contributed by atoms with Gasteiger partial charge in [-0.05, 0) is 56.4 Å². The van der Waals surface area contributed by atoms with Crippen molar-refractivity contribution in [3.8, 4) is 6.07 Å². The third kappa shape index (κ3) is 4.54. The summed E-state index contributed by atoms with van der Waals surface area (Å²) in [5.74, 6) is -0.0672. The molecule has 0 saturated heterocycles. The molecule has 0 aliphatic carbocycles. The number of carbonyl (C=O) groups excluding carboxylic acids is 1. The number of hydrogen-bond acceptors (Lipinski definition) is 5. The number of nitrogens with zero attached hydrogens (tertiary/aromatic N) is 3. The van der Waals surface area contributed by atoms with Crippen molar-refractivity contribution >= 4 is 23.4 Å². The molecule has 0 unspecified atom stereocenters. The van der Waals surface area contributed by atoms with E-state index in [-0.39, 0.29) is 5.91 Å². The molecule has 1 heterocycles. The number of benzene rings is 1. The van der Waals surface area contributed by atoms with Gasteiger partial charge in [0.25, 0.3) is 0 Å². The average Bonchev–Trinajstić information content (AvgIpc) is 2.54. The van der Waals surface area contributed by atoms with E-state index in [9.17, 15) is 4.79 Å². The van der Waals surface area contributed by atoms with Crippen LogP contribution in [-0.4, -0.2) is 22.1 Å². The van der Waals surface area contributed by atoms with Crippen LogP contribution in [0.15, 0.2) is 29.4 Å². The van der Waals surface area contributed by atoms with Gasteiger partial charge in [0.2, 0.25) is 5.91 Å².